The van der Waals surface area contributed by atoms with Gasteiger partial charge in [0.1, 0.15) is 5.75 Å². The Bertz CT molecular complexity index is 704. The zero-order valence-electron chi connectivity index (χ0n) is 11.4. The van der Waals surface area contributed by atoms with E-state index in [1.807, 2.05) is 24.3 Å². The van der Waals surface area contributed by atoms with Gasteiger partial charge in [0.25, 0.3) is 0 Å². The zero-order valence-corrected chi connectivity index (χ0v) is 14.6. The van der Waals surface area contributed by atoms with Crippen LogP contribution in [-0.2, 0) is 5.75 Å². The molecule has 0 saturated carbocycles. The minimum atomic E-state index is 0.0874. The molecule has 0 aromatic heterocycles. The van der Waals surface area contributed by atoms with E-state index in [2.05, 4.69) is 26.1 Å². The van der Waals surface area contributed by atoms with Gasteiger partial charge in [0.15, 0.2) is 5.17 Å². The molecule has 7 heteroatoms. The maximum atomic E-state index is 9.64. The highest BCUT2D eigenvalue weighted by atomic mass is 79.9. The van der Waals surface area contributed by atoms with Crippen molar-refractivity contribution in [2.75, 3.05) is 0 Å². The van der Waals surface area contributed by atoms with E-state index in [4.69, 9.17) is 17.3 Å². The predicted molar refractivity (Wildman–Crippen MR) is 97.8 cm³/mol. The number of hydrogen-bond donors (Lipinski definition) is 2. The molecule has 0 aliphatic rings. The second kappa shape index (κ2) is 8.22. The smallest absolute Gasteiger partial charge is 0.180 e. The summed E-state index contributed by atoms with van der Waals surface area (Å²) in [6.45, 7) is 0. The third-order valence-corrected chi connectivity index (χ3v) is 4.26. The van der Waals surface area contributed by atoms with Gasteiger partial charge in [0.05, 0.1) is 6.21 Å². The normalized spacial score (nSPS) is 12.0. The van der Waals surface area contributed by atoms with Crippen molar-refractivity contribution >= 4 is 50.7 Å². The van der Waals surface area contributed by atoms with Gasteiger partial charge in [0, 0.05) is 20.8 Å². The molecule has 0 bridgehead atoms. The average molecular weight is 399 g/mol. The Balaban J connectivity index is 1.93. The minimum Gasteiger partial charge on any atom is -0.507 e. The number of nitrogens with two attached hydrogens (primary N) is 1. The van der Waals surface area contributed by atoms with Gasteiger partial charge in [-0.2, -0.15) is 5.10 Å². The molecule has 3 N–H and O–H groups in total. The lowest BCUT2D eigenvalue weighted by molar-refractivity contribution is 0.474. The number of thioether (sulfide) groups is 1. The van der Waals surface area contributed by atoms with E-state index in [-0.39, 0.29) is 5.75 Å². The molecule has 4 nitrogen and oxygen atoms in total. The second-order valence-corrected chi connectivity index (χ2v) is 6.65. The second-order valence-electron chi connectivity index (χ2n) is 4.30. The molecule has 0 saturated heterocycles. The third kappa shape index (κ3) is 5.36. The largest absolute Gasteiger partial charge is 0.507 e. The molecule has 0 fully saturated rings. The number of hydrogen-bond acceptors (Lipinski definition) is 4. The first-order valence-electron chi connectivity index (χ1n) is 6.27. The number of aromatic hydroxyl groups is 1. The molecule has 2 aromatic rings. The van der Waals surface area contributed by atoms with Crippen LogP contribution < -0.4 is 5.73 Å². The molecule has 0 atom stereocenters. The van der Waals surface area contributed by atoms with Gasteiger partial charge < -0.3 is 10.8 Å². The van der Waals surface area contributed by atoms with Gasteiger partial charge in [0.2, 0.25) is 0 Å². The van der Waals surface area contributed by atoms with Crippen LogP contribution in [-0.4, -0.2) is 16.5 Å². The topological polar surface area (TPSA) is 71.0 Å². The van der Waals surface area contributed by atoms with Crippen molar-refractivity contribution in [1.82, 2.24) is 0 Å². The fourth-order valence-corrected chi connectivity index (χ4v) is 2.60. The van der Waals surface area contributed by atoms with E-state index in [1.165, 1.54) is 24.0 Å². The maximum Gasteiger partial charge on any atom is 0.180 e. The standard InChI is InChI=1S/C15H13BrClN3OS/c16-12-3-1-10(2-4-12)9-22-15(18)20-19-8-11-7-13(17)5-6-14(11)21/h1-8,21H,9H2,(H2,18,20)/b19-8+. The highest BCUT2D eigenvalue weighted by Gasteiger charge is 1.99. The Labute approximate surface area is 146 Å². The third-order valence-electron chi connectivity index (χ3n) is 2.64. The average Bonchev–Trinajstić information content (AvgIpc) is 2.50. The van der Waals surface area contributed by atoms with E-state index in [0.29, 0.717) is 21.5 Å². The number of phenols is 1. The number of phenolic OH excluding ortho intramolecular Hbond substituents is 1. The number of rotatable bonds is 4. The molecule has 2 aromatic carbocycles. The van der Waals surface area contributed by atoms with Crippen molar-refractivity contribution in [3.63, 3.8) is 0 Å². The van der Waals surface area contributed by atoms with Crippen molar-refractivity contribution in [3.8, 4) is 5.75 Å². The van der Waals surface area contributed by atoms with Crippen molar-refractivity contribution in [2.24, 2.45) is 15.9 Å². The molecule has 22 heavy (non-hydrogen) atoms. The lowest BCUT2D eigenvalue weighted by Crippen LogP contribution is -2.06. The van der Waals surface area contributed by atoms with Crippen LogP contribution >= 0.6 is 39.3 Å². The SMILES string of the molecule is N/C(=N\N=C\c1cc(Cl)ccc1O)SCc1ccc(Br)cc1. The summed E-state index contributed by atoms with van der Waals surface area (Å²) >= 11 is 10.6. The molecule has 0 heterocycles. The van der Waals surface area contributed by atoms with Gasteiger partial charge in [-0.3, -0.25) is 0 Å². The van der Waals surface area contributed by atoms with Crippen molar-refractivity contribution in [1.29, 1.82) is 0 Å². The predicted octanol–water partition coefficient (Wildman–Crippen LogP) is 4.39. The summed E-state index contributed by atoms with van der Waals surface area (Å²) in [5.41, 5.74) is 7.41. The minimum absolute atomic E-state index is 0.0874. The molecule has 114 valence electrons. The Hall–Kier alpha value is -1.50. The summed E-state index contributed by atoms with van der Waals surface area (Å²) < 4.78 is 1.04. The first-order valence-corrected chi connectivity index (χ1v) is 8.42. The van der Waals surface area contributed by atoms with Gasteiger partial charge in [-0.15, -0.1) is 5.10 Å². The van der Waals surface area contributed by atoms with Crippen LogP contribution in [0.2, 0.25) is 5.02 Å². The molecule has 0 radical (unpaired) electrons. The highest BCUT2D eigenvalue weighted by molar-refractivity contribution is 9.10. The van der Waals surface area contributed by atoms with Gasteiger partial charge >= 0.3 is 0 Å². The van der Waals surface area contributed by atoms with E-state index in [1.54, 1.807) is 12.1 Å². The molecule has 2 rings (SSSR count). The van der Waals surface area contributed by atoms with E-state index in [0.717, 1.165) is 10.0 Å². The maximum absolute atomic E-state index is 9.64. The fraction of sp³-hybridized carbons (Fsp3) is 0.0667. The molecular formula is C15H13BrClN3OS. The van der Waals surface area contributed by atoms with Crippen LogP contribution in [0, 0.1) is 0 Å². The summed E-state index contributed by atoms with van der Waals surface area (Å²) in [5.74, 6) is 0.796. The zero-order chi connectivity index (χ0) is 15.9. The summed E-state index contributed by atoms with van der Waals surface area (Å²) in [5, 5.41) is 18.2. The summed E-state index contributed by atoms with van der Waals surface area (Å²) in [6.07, 6.45) is 1.41. The van der Waals surface area contributed by atoms with E-state index in [9.17, 15) is 5.11 Å². The number of nitrogens with zero attached hydrogens (tertiary/aromatic N) is 2. The van der Waals surface area contributed by atoms with Crippen LogP contribution in [0.5, 0.6) is 5.75 Å². The van der Waals surface area contributed by atoms with Crippen molar-refractivity contribution in [2.45, 2.75) is 5.75 Å². The van der Waals surface area contributed by atoms with Crippen LogP contribution in [0.1, 0.15) is 11.1 Å². The van der Waals surface area contributed by atoms with E-state index < -0.39 is 0 Å². The molecule has 0 aliphatic carbocycles. The summed E-state index contributed by atoms with van der Waals surface area (Å²) in [6, 6.07) is 12.7. The fourth-order valence-electron chi connectivity index (χ4n) is 1.54. The first kappa shape index (κ1) is 16.9. The van der Waals surface area contributed by atoms with Crippen LogP contribution in [0.25, 0.3) is 0 Å². The van der Waals surface area contributed by atoms with Crippen molar-refractivity contribution < 1.29 is 5.11 Å². The molecule has 0 unspecified atom stereocenters. The molecular weight excluding hydrogens is 386 g/mol. The Morgan fingerprint density at radius 3 is 2.73 bits per heavy atom. The number of amidine groups is 1. The van der Waals surface area contributed by atoms with Gasteiger partial charge in [-0.25, -0.2) is 0 Å². The lowest BCUT2D eigenvalue weighted by Gasteiger charge is -2.00. The van der Waals surface area contributed by atoms with E-state index >= 15 is 0 Å². The quantitative estimate of drug-likeness (QED) is 0.456. The molecule has 0 aliphatic heterocycles. The molecule has 0 spiro atoms. The Morgan fingerprint density at radius 2 is 2.00 bits per heavy atom. The summed E-state index contributed by atoms with van der Waals surface area (Å²) in [4.78, 5) is 0. The monoisotopic (exact) mass is 397 g/mol. The number of benzene rings is 2. The summed E-state index contributed by atoms with van der Waals surface area (Å²) in [7, 11) is 0. The van der Waals surface area contributed by atoms with Crippen molar-refractivity contribution in [3.05, 3.63) is 63.1 Å². The van der Waals surface area contributed by atoms with Crippen LogP contribution in [0.3, 0.4) is 0 Å². The Kier molecular flexibility index (Phi) is 6.30. The van der Waals surface area contributed by atoms with Crippen LogP contribution in [0.4, 0.5) is 0 Å². The first-order chi connectivity index (χ1) is 10.5. The molecule has 0 amide bonds. The Morgan fingerprint density at radius 1 is 1.27 bits per heavy atom. The van der Waals surface area contributed by atoms with Gasteiger partial charge in [-0.1, -0.05) is 51.4 Å². The number of halogens is 2. The lowest BCUT2D eigenvalue weighted by atomic mass is 10.2. The van der Waals surface area contributed by atoms with Gasteiger partial charge in [-0.05, 0) is 35.9 Å². The highest BCUT2D eigenvalue weighted by Crippen LogP contribution is 2.20. The van der Waals surface area contributed by atoms with Crippen LogP contribution in [0.15, 0.2) is 57.1 Å².